The third-order valence-electron chi connectivity index (χ3n) is 3.81. The van der Waals surface area contributed by atoms with Gasteiger partial charge < -0.3 is 14.6 Å². The van der Waals surface area contributed by atoms with Crippen molar-refractivity contribution in [3.05, 3.63) is 35.6 Å². The summed E-state index contributed by atoms with van der Waals surface area (Å²) in [6.45, 7) is 1.92. The van der Waals surface area contributed by atoms with Crippen molar-refractivity contribution in [2.45, 2.75) is 51.7 Å². The van der Waals surface area contributed by atoms with Crippen LogP contribution in [0, 0.1) is 6.92 Å². The van der Waals surface area contributed by atoms with E-state index in [-0.39, 0.29) is 18.6 Å². The molecule has 0 unspecified atom stereocenters. The van der Waals surface area contributed by atoms with Crippen molar-refractivity contribution in [2.24, 2.45) is 0 Å². The fourth-order valence-electron chi connectivity index (χ4n) is 2.64. The maximum atomic E-state index is 12.2. The smallest absolute Gasteiger partial charge is 0.251 e. The molecular formula is C16H20N4O3. The molecule has 1 aliphatic rings. The number of carbonyl (C=O) groups is 1. The van der Waals surface area contributed by atoms with Crippen LogP contribution in [0.1, 0.15) is 54.2 Å². The van der Waals surface area contributed by atoms with Crippen LogP contribution < -0.4 is 10.1 Å². The van der Waals surface area contributed by atoms with Crippen LogP contribution in [-0.4, -0.2) is 27.1 Å². The van der Waals surface area contributed by atoms with Crippen molar-refractivity contribution in [2.75, 3.05) is 0 Å². The minimum Gasteiger partial charge on any atom is -0.474 e. The van der Waals surface area contributed by atoms with Crippen molar-refractivity contribution < 1.29 is 14.1 Å². The molecule has 3 rings (SSSR count). The van der Waals surface area contributed by atoms with Crippen molar-refractivity contribution in [3.8, 4) is 5.88 Å². The van der Waals surface area contributed by atoms with Crippen LogP contribution in [-0.2, 0) is 6.54 Å². The highest BCUT2D eigenvalue weighted by Crippen LogP contribution is 2.22. The average molecular weight is 316 g/mol. The van der Waals surface area contributed by atoms with E-state index in [0.29, 0.717) is 23.2 Å². The van der Waals surface area contributed by atoms with Crippen molar-refractivity contribution in [3.63, 3.8) is 0 Å². The summed E-state index contributed by atoms with van der Waals surface area (Å²) in [6.07, 6.45) is 7.54. The number of pyridine rings is 1. The summed E-state index contributed by atoms with van der Waals surface area (Å²) in [5, 5.41) is 6.42. The van der Waals surface area contributed by atoms with Crippen molar-refractivity contribution in [1.82, 2.24) is 20.4 Å². The number of aryl methyl sites for hydroxylation is 1. The summed E-state index contributed by atoms with van der Waals surface area (Å²) in [4.78, 5) is 20.4. The van der Waals surface area contributed by atoms with E-state index < -0.39 is 0 Å². The fourth-order valence-corrected chi connectivity index (χ4v) is 2.64. The van der Waals surface area contributed by atoms with Crippen molar-refractivity contribution in [1.29, 1.82) is 0 Å². The van der Waals surface area contributed by atoms with Crippen LogP contribution >= 0.6 is 0 Å². The van der Waals surface area contributed by atoms with Gasteiger partial charge in [0.05, 0.1) is 6.54 Å². The molecule has 7 nitrogen and oxygen atoms in total. The zero-order valence-corrected chi connectivity index (χ0v) is 13.1. The summed E-state index contributed by atoms with van der Waals surface area (Å²) in [7, 11) is 0. The summed E-state index contributed by atoms with van der Waals surface area (Å²) >= 11 is 0. The molecule has 1 aliphatic carbocycles. The van der Waals surface area contributed by atoms with Gasteiger partial charge >= 0.3 is 0 Å². The topological polar surface area (TPSA) is 90.1 Å². The van der Waals surface area contributed by atoms with E-state index in [2.05, 4.69) is 20.4 Å². The number of hydrogen-bond acceptors (Lipinski definition) is 6. The normalized spacial score (nSPS) is 15.3. The molecule has 0 aromatic carbocycles. The average Bonchev–Trinajstić information content (AvgIpc) is 2.99. The molecule has 2 heterocycles. The quantitative estimate of drug-likeness (QED) is 0.911. The second-order valence-corrected chi connectivity index (χ2v) is 5.68. The molecule has 1 saturated carbocycles. The van der Waals surface area contributed by atoms with Crippen LogP contribution in [0.5, 0.6) is 5.88 Å². The number of amides is 1. The van der Waals surface area contributed by atoms with Crippen LogP contribution in [0.2, 0.25) is 0 Å². The molecular weight excluding hydrogens is 296 g/mol. The third kappa shape index (κ3) is 4.28. The number of carbonyl (C=O) groups excluding carboxylic acids is 1. The van der Waals surface area contributed by atoms with Gasteiger partial charge in [0.25, 0.3) is 5.91 Å². The summed E-state index contributed by atoms with van der Waals surface area (Å²) in [5.41, 5.74) is 0.502. The Labute approximate surface area is 134 Å². The first-order chi connectivity index (χ1) is 11.2. The first-order valence-corrected chi connectivity index (χ1v) is 7.91. The minimum absolute atomic E-state index is 0.195. The maximum Gasteiger partial charge on any atom is 0.251 e. The standard InChI is InChI=1S/C16H20N4O3/c1-11-19-15(23-20-11)10-18-16(21)12-7-8-17-14(9-12)22-13-5-3-2-4-6-13/h7-9,13H,2-6,10H2,1H3,(H,18,21). The highest BCUT2D eigenvalue weighted by molar-refractivity contribution is 5.94. The lowest BCUT2D eigenvalue weighted by Gasteiger charge is -2.22. The van der Waals surface area contributed by atoms with Gasteiger partial charge in [-0.3, -0.25) is 4.79 Å². The van der Waals surface area contributed by atoms with Gasteiger partial charge in [-0.25, -0.2) is 4.98 Å². The Morgan fingerprint density at radius 1 is 1.39 bits per heavy atom. The predicted molar refractivity (Wildman–Crippen MR) is 81.9 cm³/mol. The Bertz CT molecular complexity index is 665. The molecule has 1 amide bonds. The lowest BCUT2D eigenvalue weighted by atomic mass is 9.98. The fraction of sp³-hybridized carbons (Fsp3) is 0.500. The van der Waals surface area contributed by atoms with Crippen LogP contribution in [0.15, 0.2) is 22.9 Å². The molecule has 23 heavy (non-hydrogen) atoms. The Hall–Kier alpha value is -2.44. The Morgan fingerprint density at radius 2 is 2.22 bits per heavy atom. The highest BCUT2D eigenvalue weighted by Gasteiger charge is 2.16. The van der Waals surface area contributed by atoms with E-state index in [1.807, 2.05) is 0 Å². The molecule has 1 fully saturated rings. The van der Waals surface area contributed by atoms with Crippen LogP contribution in [0.25, 0.3) is 0 Å². The van der Waals surface area contributed by atoms with E-state index in [1.54, 1.807) is 25.3 Å². The third-order valence-corrected chi connectivity index (χ3v) is 3.81. The van der Waals surface area contributed by atoms with Crippen LogP contribution in [0.4, 0.5) is 0 Å². The summed E-state index contributed by atoms with van der Waals surface area (Å²) in [6, 6.07) is 3.32. The van der Waals surface area contributed by atoms with Gasteiger partial charge in [0, 0.05) is 17.8 Å². The summed E-state index contributed by atoms with van der Waals surface area (Å²) in [5.74, 6) is 1.19. The van der Waals surface area contributed by atoms with Crippen molar-refractivity contribution >= 4 is 5.91 Å². The Balaban J connectivity index is 1.58. The molecule has 0 atom stereocenters. The van der Waals surface area contributed by atoms with E-state index >= 15 is 0 Å². The van der Waals surface area contributed by atoms with Gasteiger partial charge in [0.2, 0.25) is 11.8 Å². The molecule has 0 saturated heterocycles. The Morgan fingerprint density at radius 3 is 2.96 bits per heavy atom. The Kier molecular flexibility index (Phi) is 4.85. The molecule has 0 radical (unpaired) electrons. The number of aromatic nitrogens is 3. The zero-order valence-electron chi connectivity index (χ0n) is 13.1. The predicted octanol–water partition coefficient (Wildman–Crippen LogP) is 2.41. The number of hydrogen-bond donors (Lipinski definition) is 1. The molecule has 0 spiro atoms. The number of nitrogens with zero attached hydrogens (tertiary/aromatic N) is 3. The highest BCUT2D eigenvalue weighted by atomic mass is 16.5. The van der Waals surface area contributed by atoms with E-state index in [0.717, 1.165) is 12.8 Å². The lowest BCUT2D eigenvalue weighted by Crippen LogP contribution is -2.24. The largest absolute Gasteiger partial charge is 0.474 e. The number of nitrogens with one attached hydrogen (secondary N) is 1. The summed E-state index contributed by atoms with van der Waals surface area (Å²) < 4.78 is 10.8. The van der Waals surface area contributed by atoms with Gasteiger partial charge in [-0.05, 0) is 38.7 Å². The first kappa shape index (κ1) is 15.5. The maximum absolute atomic E-state index is 12.2. The van der Waals surface area contributed by atoms with E-state index in [1.165, 1.54) is 19.3 Å². The monoisotopic (exact) mass is 316 g/mol. The molecule has 0 aliphatic heterocycles. The minimum atomic E-state index is -0.225. The lowest BCUT2D eigenvalue weighted by molar-refractivity contribution is 0.0944. The number of rotatable bonds is 5. The van der Waals surface area contributed by atoms with E-state index in [4.69, 9.17) is 9.26 Å². The molecule has 0 bridgehead atoms. The van der Waals surface area contributed by atoms with Gasteiger partial charge in [-0.15, -0.1) is 0 Å². The van der Waals surface area contributed by atoms with Gasteiger partial charge in [-0.1, -0.05) is 11.6 Å². The number of ether oxygens (including phenoxy) is 1. The SMILES string of the molecule is Cc1noc(CNC(=O)c2ccnc(OC3CCCCC3)c2)n1. The zero-order chi connectivity index (χ0) is 16.1. The molecule has 7 heteroatoms. The second-order valence-electron chi connectivity index (χ2n) is 5.68. The first-order valence-electron chi connectivity index (χ1n) is 7.91. The second kappa shape index (κ2) is 7.21. The van der Waals surface area contributed by atoms with Crippen LogP contribution in [0.3, 0.4) is 0 Å². The molecule has 2 aromatic heterocycles. The van der Waals surface area contributed by atoms with E-state index in [9.17, 15) is 4.79 Å². The molecule has 2 aromatic rings. The van der Waals surface area contributed by atoms with Gasteiger partial charge in [0.15, 0.2) is 5.82 Å². The van der Waals surface area contributed by atoms with Gasteiger partial charge in [-0.2, -0.15) is 4.98 Å². The molecule has 1 N–H and O–H groups in total. The molecule has 122 valence electrons. The van der Waals surface area contributed by atoms with Gasteiger partial charge in [0.1, 0.15) is 6.10 Å².